The van der Waals surface area contributed by atoms with E-state index in [1.165, 1.54) is 11.1 Å². The Labute approximate surface area is 187 Å². The molecule has 0 aliphatic heterocycles. The van der Waals surface area contributed by atoms with Crippen molar-refractivity contribution in [3.05, 3.63) is 90.0 Å². The highest BCUT2D eigenvalue weighted by atomic mass is 32.2. The van der Waals surface area contributed by atoms with Crippen LogP contribution in [0.5, 0.6) is 0 Å². The summed E-state index contributed by atoms with van der Waals surface area (Å²) in [5, 5.41) is 3.74. The summed E-state index contributed by atoms with van der Waals surface area (Å²) in [5.74, 6) is 0.648. The van der Waals surface area contributed by atoms with E-state index in [1.54, 1.807) is 11.8 Å². The Hall–Kier alpha value is -3.31. The van der Waals surface area contributed by atoms with E-state index in [-0.39, 0.29) is 5.91 Å². The normalized spacial score (nSPS) is 10.8. The molecule has 4 aromatic rings. The van der Waals surface area contributed by atoms with Crippen molar-refractivity contribution in [1.29, 1.82) is 0 Å². The minimum absolute atomic E-state index is 0.00257. The number of nitrogens with zero attached hydrogens (tertiary/aromatic N) is 1. The maximum atomic E-state index is 12.2. The number of imidazole rings is 1. The molecule has 1 aromatic heterocycles. The highest BCUT2D eigenvalue weighted by molar-refractivity contribution is 7.99. The van der Waals surface area contributed by atoms with Crippen LogP contribution in [-0.4, -0.2) is 21.6 Å². The number of hydrogen-bond donors (Lipinski definition) is 2. The number of H-pyrrole nitrogens is 1. The van der Waals surface area contributed by atoms with Crippen molar-refractivity contribution in [3.8, 4) is 22.5 Å². The number of para-hydroxylation sites is 1. The zero-order valence-corrected chi connectivity index (χ0v) is 18.5. The predicted molar refractivity (Wildman–Crippen MR) is 129 cm³/mol. The first-order valence-corrected chi connectivity index (χ1v) is 11.3. The first kappa shape index (κ1) is 20.9. The van der Waals surface area contributed by atoms with Gasteiger partial charge in [-0.15, -0.1) is 0 Å². The molecule has 0 aliphatic carbocycles. The second kappa shape index (κ2) is 9.67. The molecule has 5 heteroatoms. The number of nitrogens with one attached hydrogen (secondary N) is 2. The van der Waals surface area contributed by atoms with E-state index in [0.29, 0.717) is 12.2 Å². The number of anilines is 1. The van der Waals surface area contributed by atoms with Crippen molar-refractivity contribution < 1.29 is 4.79 Å². The van der Waals surface area contributed by atoms with Crippen molar-refractivity contribution >= 4 is 23.4 Å². The van der Waals surface area contributed by atoms with Crippen LogP contribution >= 0.6 is 11.8 Å². The number of amides is 1. The van der Waals surface area contributed by atoms with Crippen LogP contribution in [0.25, 0.3) is 22.5 Å². The molecule has 0 atom stereocenters. The summed E-state index contributed by atoms with van der Waals surface area (Å²) < 4.78 is 0. The van der Waals surface area contributed by atoms with Crippen LogP contribution < -0.4 is 5.32 Å². The van der Waals surface area contributed by atoms with Crippen LogP contribution in [0.3, 0.4) is 0 Å². The molecule has 0 aliphatic rings. The molecule has 0 bridgehead atoms. The van der Waals surface area contributed by atoms with Gasteiger partial charge in [0.1, 0.15) is 0 Å². The van der Waals surface area contributed by atoms with Crippen molar-refractivity contribution in [2.45, 2.75) is 25.4 Å². The van der Waals surface area contributed by atoms with Gasteiger partial charge in [0.05, 0.1) is 11.4 Å². The topological polar surface area (TPSA) is 57.8 Å². The lowest BCUT2D eigenvalue weighted by Crippen LogP contribution is -2.11. The van der Waals surface area contributed by atoms with Gasteiger partial charge in [-0.25, -0.2) is 4.98 Å². The zero-order valence-electron chi connectivity index (χ0n) is 17.7. The number of aryl methyl sites for hydroxylation is 2. The lowest BCUT2D eigenvalue weighted by molar-refractivity contribution is -0.115. The molecule has 1 amide bonds. The molecule has 2 N–H and O–H groups in total. The average Bonchev–Trinajstić information content (AvgIpc) is 3.19. The summed E-state index contributed by atoms with van der Waals surface area (Å²) in [6, 6.07) is 26.4. The van der Waals surface area contributed by atoms with E-state index in [1.807, 2.05) is 30.3 Å². The van der Waals surface area contributed by atoms with E-state index >= 15 is 0 Å². The lowest BCUT2D eigenvalue weighted by atomic mass is 10.0. The monoisotopic (exact) mass is 427 g/mol. The van der Waals surface area contributed by atoms with Crippen LogP contribution in [0, 0.1) is 13.8 Å². The second-order valence-corrected chi connectivity index (χ2v) is 8.59. The standard InChI is InChI=1S/C26H25N3OS/c1-18-8-12-20(13-9-18)24-25(21-14-10-19(2)11-15-21)29-26(28-24)31-17-16-23(30)27-22-6-4-3-5-7-22/h3-15H,16-17H2,1-2H3,(H,27,30)(H,28,29). The van der Waals surface area contributed by atoms with Gasteiger partial charge in [0.25, 0.3) is 0 Å². The molecule has 0 saturated heterocycles. The highest BCUT2D eigenvalue weighted by Crippen LogP contribution is 2.33. The largest absolute Gasteiger partial charge is 0.332 e. The van der Waals surface area contributed by atoms with E-state index < -0.39 is 0 Å². The van der Waals surface area contributed by atoms with Gasteiger partial charge in [0.2, 0.25) is 5.91 Å². The van der Waals surface area contributed by atoms with Gasteiger partial charge in [0, 0.05) is 29.0 Å². The van der Waals surface area contributed by atoms with Crippen molar-refractivity contribution in [2.24, 2.45) is 0 Å². The van der Waals surface area contributed by atoms with E-state index in [9.17, 15) is 4.79 Å². The minimum atomic E-state index is 0.00257. The fourth-order valence-corrected chi connectivity index (χ4v) is 4.07. The SMILES string of the molecule is Cc1ccc(-c2nc(SCCC(=O)Nc3ccccc3)[nH]c2-c2ccc(C)cc2)cc1. The molecule has 0 unspecified atom stereocenters. The fourth-order valence-electron chi connectivity index (χ4n) is 3.25. The number of benzene rings is 3. The number of aromatic amines is 1. The summed E-state index contributed by atoms with van der Waals surface area (Å²) in [4.78, 5) is 20.6. The van der Waals surface area contributed by atoms with Gasteiger partial charge in [-0.2, -0.15) is 0 Å². The van der Waals surface area contributed by atoms with Crippen molar-refractivity contribution in [1.82, 2.24) is 9.97 Å². The summed E-state index contributed by atoms with van der Waals surface area (Å²) in [6.45, 7) is 4.16. The van der Waals surface area contributed by atoms with E-state index in [0.717, 1.165) is 33.4 Å². The average molecular weight is 428 g/mol. The number of carbonyl (C=O) groups is 1. The van der Waals surface area contributed by atoms with E-state index in [2.05, 4.69) is 72.7 Å². The molecule has 1 heterocycles. The number of rotatable bonds is 7. The van der Waals surface area contributed by atoms with Crippen molar-refractivity contribution in [3.63, 3.8) is 0 Å². The molecule has 156 valence electrons. The maximum absolute atomic E-state index is 12.2. The Morgan fingerprint density at radius 3 is 2.13 bits per heavy atom. The third-order valence-electron chi connectivity index (χ3n) is 4.97. The molecule has 0 saturated carbocycles. The first-order chi connectivity index (χ1) is 15.1. The molecule has 0 radical (unpaired) electrons. The van der Waals surface area contributed by atoms with E-state index in [4.69, 9.17) is 4.98 Å². The maximum Gasteiger partial charge on any atom is 0.225 e. The Balaban J connectivity index is 1.50. The number of aromatic nitrogens is 2. The van der Waals surface area contributed by atoms with Gasteiger partial charge in [-0.3, -0.25) is 4.79 Å². The molecule has 4 rings (SSSR count). The van der Waals surface area contributed by atoms with Crippen LogP contribution in [0.1, 0.15) is 17.5 Å². The number of hydrogen-bond acceptors (Lipinski definition) is 3. The third kappa shape index (κ3) is 5.44. The fraction of sp³-hybridized carbons (Fsp3) is 0.154. The Morgan fingerprint density at radius 1 is 0.871 bits per heavy atom. The van der Waals surface area contributed by atoms with Crippen LogP contribution in [0.4, 0.5) is 5.69 Å². The first-order valence-electron chi connectivity index (χ1n) is 10.3. The smallest absolute Gasteiger partial charge is 0.225 e. The van der Waals surface area contributed by atoms with Gasteiger partial charge in [0.15, 0.2) is 5.16 Å². The van der Waals surface area contributed by atoms with Gasteiger partial charge in [-0.05, 0) is 26.0 Å². The van der Waals surface area contributed by atoms with Crippen LogP contribution in [0.2, 0.25) is 0 Å². The second-order valence-electron chi connectivity index (χ2n) is 7.51. The lowest BCUT2D eigenvalue weighted by Gasteiger charge is -2.04. The van der Waals surface area contributed by atoms with Crippen LogP contribution in [-0.2, 0) is 4.79 Å². The van der Waals surface area contributed by atoms with Gasteiger partial charge in [-0.1, -0.05) is 89.6 Å². The molecular formula is C26H25N3OS. The molecule has 31 heavy (non-hydrogen) atoms. The molecule has 3 aromatic carbocycles. The van der Waals surface area contributed by atoms with Crippen molar-refractivity contribution in [2.75, 3.05) is 11.1 Å². The predicted octanol–water partition coefficient (Wildman–Crippen LogP) is 6.48. The Morgan fingerprint density at radius 2 is 1.48 bits per heavy atom. The quantitative estimate of drug-likeness (QED) is 0.332. The summed E-state index contributed by atoms with van der Waals surface area (Å²) in [6.07, 6.45) is 0.417. The Bertz CT molecular complexity index is 1090. The minimum Gasteiger partial charge on any atom is -0.332 e. The molecule has 0 spiro atoms. The highest BCUT2D eigenvalue weighted by Gasteiger charge is 2.15. The Kier molecular flexibility index (Phi) is 6.53. The number of thioether (sulfide) groups is 1. The summed E-state index contributed by atoms with van der Waals surface area (Å²) >= 11 is 1.56. The molecular weight excluding hydrogens is 402 g/mol. The number of carbonyl (C=O) groups excluding carboxylic acids is 1. The summed E-state index contributed by atoms with van der Waals surface area (Å²) in [7, 11) is 0. The van der Waals surface area contributed by atoms with Gasteiger partial charge >= 0.3 is 0 Å². The van der Waals surface area contributed by atoms with Crippen LogP contribution in [0.15, 0.2) is 84.0 Å². The summed E-state index contributed by atoms with van der Waals surface area (Å²) in [5.41, 5.74) is 7.36. The third-order valence-corrected chi connectivity index (χ3v) is 5.85. The molecule has 4 nitrogen and oxygen atoms in total. The van der Waals surface area contributed by atoms with Gasteiger partial charge < -0.3 is 10.3 Å². The zero-order chi connectivity index (χ0) is 21.6. The molecule has 0 fully saturated rings.